The molecule has 178 valence electrons. The van der Waals surface area contributed by atoms with E-state index < -0.39 is 0 Å². The van der Waals surface area contributed by atoms with Gasteiger partial charge in [-0.3, -0.25) is 4.79 Å². The van der Waals surface area contributed by atoms with Crippen molar-refractivity contribution in [1.82, 2.24) is 10.3 Å². The van der Waals surface area contributed by atoms with Gasteiger partial charge in [0.2, 0.25) is 0 Å². The molecule has 0 spiro atoms. The summed E-state index contributed by atoms with van der Waals surface area (Å²) < 4.78 is 17.2. The number of hydrogen-bond acceptors (Lipinski definition) is 4. The molecule has 5 rings (SSSR count). The molecule has 0 fully saturated rings. The Balaban J connectivity index is 1.50. The summed E-state index contributed by atoms with van der Waals surface area (Å²) in [5.74, 6) is 1.34. The molecule has 6 nitrogen and oxygen atoms in total. The summed E-state index contributed by atoms with van der Waals surface area (Å²) in [6, 6.07) is 21.8. The molecule has 2 heterocycles. The Labute approximate surface area is 203 Å². The number of rotatable bonds is 8. The Bertz CT molecular complexity index is 1500. The van der Waals surface area contributed by atoms with Gasteiger partial charge >= 0.3 is 0 Å². The van der Waals surface area contributed by atoms with Crippen LogP contribution in [-0.2, 0) is 0 Å². The number of aromatic amines is 1. The van der Waals surface area contributed by atoms with Crippen LogP contribution < -0.4 is 14.8 Å². The first-order valence-electron chi connectivity index (χ1n) is 11.7. The van der Waals surface area contributed by atoms with E-state index >= 15 is 0 Å². The van der Waals surface area contributed by atoms with Gasteiger partial charge in [0.05, 0.1) is 13.7 Å². The molecule has 2 N–H and O–H groups in total. The van der Waals surface area contributed by atoms with Gasteiger partial charge in [0.15, 0.2) is 17.3 Å². The summed E-state index contributed by atoms with van der Waals surface area (Å²) in [7, 11) is 1.63. The first-order valence-corrected chi connectivity index (χ1v) is 11.7. The van der Waals surface area contributed by atoms with E-state index in [-0.39, 0.29) is 11.8 Å². The second-order valence-electron chi connectivity index (χ2n) is 8.45. The van der Waals surface area contributed by atoms with Crippen LogP contribution in [0.15, 0.2) is 77.3 Å². The highest BCUT2D eigenvalue weighted by atomic mass is 16.5. The molecular weight excluding hydrogens is 440 g/mol. The van der Waals surface area contributed by atoms with E-state index in [0.717, 1.165) is 33.0 Å². The van der Waals surface area contributed by atoms with E-state index in [9.17, 15) is 4.79 Å². The van der Waals surface area contributed by atoms with Crippen molar-refractivity contribution in [2.24, 2.45) is 0 Å². The smallest absolute Gasteiger partial charge is 0.287 e. The van der Waals surface area contributed by atoms with E-state index in [2.05, 4.69) is 16.4 Å². The van der Waals surface area contributed by atoms with Gasteiger partial charge in [0.1, 0.15) is 5.58 Å². The lowest BCUT2D eigenvalue weighted by Crippen LogP contribution is -2.29. The van der Waals surface area contributed by atoms with Gasteiger partial charge in [-0.05, 0) is 49.2 Å². The van der Waals surface area contributed by atoms with Crippen LogP contribution in [0.4, 0.5) is 0 Å². The van der Waals surface area contributed by atoms with E-state index in [1.807, 2.05) is 80.7 Å². The average molecular weight is 469 g/mol. The molecule has 1 unspecified atom stereocenters. The lowest BCUT2D eigenvalue weighted by molar-refractivity contribution is 0.0926. The van der Waals surface area contributed by atoms with Gasteiger partial charge in [0, 0.05) is 40.5 Å². The quantitative estimate of drug-likeness (QED) is 0.285. The van der Waals surface area contributed by atoms with Crippen LogP contribution in [-0.4, -0.2) is 31.2 Å². The predicted octanol–water partition coefficient (Wildman–Crippen LogP) is 6.19. The summed E-state index contributed by atoms with van der Waals surface area (Å²) >= 11 is 0. The molecule has 6 heteroatoms. The van der Waals surface area contributed by atoms with E-state index in [1.54, 1.807) is 7.11 Å². The number of ether oxygens (including phenoxy) is 2. The predicted molar refractivity (Wildman–Crippen MR) is 138 cm³/mol. The molecule has 35 heavy (non-hydrogen) atoms. The van der Waals surface area contributed by atoms with Crippen LogP contribution in [0.2, 0.25) is 0 Å². The Hall–Kier alpha value is -4.19. The molecule has 0 saturated carbocycles. The fourth-order valence-electron chi connectivity index (χ4n) is 4.63. The molecule has 0 saturated heterocycles. The van der Waals surface area contributed by atoms with Gasteiger partial charge in [-0.1, -0.05) is 42.5 Å². The van der Waals surface area contributed by atoms with Crippen molar-refractivity contribution in [1.29, 1.82) is 0 Å². The number of benzene rings is 3. The number of para-hydroxylation sites is 2. The maximum Gasteiger partial charge on any atom is 0.287 e. The Kier molecular flexibility index (Phi) is 6.19. The van der Waals surface area contributed by atoms with Crippen molar-refractivity contribution in [2.75, 3.05) is 20.3 Å². The number of aromatic nitrogens is 1. The fraction of sp³-hybridized carbons (Fsp3) is 0.207. The molecule has 0 radical (unpaired) electrons. The minimum absolute atomic E-state index is 0.121. The van der Waals surface area contributed by atoms with Crippen molar-refractivity contribution in [3.63, 3.8) is 0 Å². The monoisotopic (exact) mass is 468 g/mol. The first-order chi connectivity index (χ1) is 17.1. The Morgan fingerprint density at radius 1 is 1.03 bits per heavy atom. The summed E-state index contributed by atoms with van der Waals surface area (Å²) in [5.41, 5.74) is 4.69. The second-order valence-corrected chi connectivity index (χ2v) is 8.45. The number of fused-ring (bicyclic) bond motifs is 2. The van der Waals surface area contributed by atoms with Crippen molar-refractivity contribution < 1.29 is 18.7 Å². The zero-order valence-electron chi connectivity index (χ0n) is 20.1. The largest absolute Gasteiger partial charge is 0.493 e. The zero-order chi connectivity index (χ0) is 24.4. The number of carbonyl (C=O) groups is 1. The third-order valence-corrected chi connectivity index (χ3v) is 6.40. The SMILES string of the molecule is CCOc1ccc(C(CNC(=O)c2oc3ccccc3c2C)c2c[nH]c3ccccc23)cc1OC. The molecule has 0 bridgehead atoms. The number of carbonyl (C=O) groups excluding carboxylic acids is 1. The average Bonchev–Trinajstić information content (AvgIpc) is 3.46. The van der Waals surface area contributed by atoms with E-state index in [0.29, 0.717) is 36.0 Å². The number of hydrogen-bond donors (Lipinski definition) is 2. The molecule has 3 aromatic carbocycles. The van der Waals surface area contributed by atoms with E-state index in [4.69, 9.17) is 13.9 Å². The fourth-order valence-corrected chi connectivity index (χ4v) is 4.63. The topological polar surface area (TPSA) is 76.5 Å². The van der Waals surface area contributed by atoms with Gasteiger partial charge in [-0.15, -0.1) is 0 Å². The molecule has 1 atom stereocenters. The van der Waals surface area contributed by atoms with Gasteiger partial charge in [-0.2, -0.15) is 0 Å². The van der Waals surface area contributed by atoms with Crippen LogP contribution in [0.1, 0.15) is 40.1 Å². The maximum atomic E-state index is 13.2. The van der Waals surface area contributed by atoms with Crippen molar-refractivity contribution >= 4 is 27.8 Å². The Morgan fingerprint density at radius 3 is 2.57 bits per heavy atom. The van der Waals surface area contributed by atoms with Gasteiger partial charge < -0.3 is 24.2 Å². The van der Waals surface area contributed by atoms with Crippen molar-refractivity contribution in [3.8, 4) is 11.5 Å². The molecule has 5 aromatic rings. The van der Waals surface area contributed by atoms with Crippen LogP contribution in [0, 0.1) is 6.92 Å². The lowest BCUT2D eigenvalue weighted by atomic mass is 9.90. The number of methoxy groups -OCH3 is 1. The van der Waals surface area contributed by atoms with Crippen molar-refractivity contribution in [3.05, 3.63) is 95.4 Å². The highest BCUT2D eigenvalue weighted by Gasteiger charge is 2.23. The minimum Gasteiger partial charge on any atom is -0.493 e. The minimum atomic E-state index is -0.235. The summed E-state index contributed by atoms with van der Waals surface area (Å²) in [6.45, 7) is 4.79. The Morgan fingerprint density at radius 2 is 1.80 bits per heavy atom. The molecular formula is C29H28N2O4. The third kappa shape index (κ3) is 4.23. The lowest BCUT2D eigenvalue weighted by Gasteiger charge is -2.20. The number of aryl methyl sites for hydroxylation is 1. The molecule has 0 aliphatic carbocycles. The van der Waals surface area contributed by atoms with Crippen molar-refractivity contribution in [2.45, 2.75) is 19.8 Å². The normalized spacial score (nSPS) is 12.1. The second kappa shape index (κ2) is 9.58. The summed E-state index contributed by atoms with van der Waals surface area (Å²) in [6.07, 6.45) is 2.01. The highest BCUT2D eigenvalue weighted by Crippen LogP contribution is 2.36. The first kappa shape index (κ1) is 22.6. The maximum absolute atomic E-state index is 13.2. The zero-order valence-corrected chi connectivity index (χ0v) is 20.1. The molecule has 0 aliphatic heterocycles. The number of H-pyrrole nitrogens is 1. The van der Waals surface area contributed by atoms with Crippen LogP contribution in [0.25, 0.3) is 21.9 Å². The number of amides is 1. The van der Waals surface area contributed by atoms with Crippen LogP contribution in [0.5, 0.6) is 11.5 Å². The molecule has 1 amide bonds. The van der Waals surface area contributed by atoms with E-state index in [1.165, 1.54) is 0 Å². The molecule has 2 aromatic heterocycles. The highest BCUT2D eigenvalue weighted by molar-refractivity contribution is 5.99. The molecule has 0 aliphatic rings. The standard InChI is InChI=1S/C29H28N2O4/c1-4-34-26-14-13-19(15-27(26)33-3)22(23-17-30-24-11-7-5-10-21(23)24)16-31-29(32)28-18(2)20-9-6-8-12-25(20)35-28/h5-15,17,22,30H,4,16H2,1-3H3,(H,31,32). The van der Waals surface area contributed by atoms with Gasteiger partial charge in [-0.25, -0.2) is 0 Å². The summed E-state index contributed by atoms with van der Waals surface area (Å²) in [4.78, 5) is 16.6. The van der Waals surface area contributed by atoms with Gasteiger partial charge in [0.25, 0.3) is 5.91 Å². The summed E-state index contributed by atoms with van der Waals surface area (Å²) in [5, 5.41) is 5.17. The third-order valence-electron chi connectivity index (χ3n) is 6.40. The number of furan rings is 1. The number of nitrogens with one attached hydrogen (secondary N) is 2. The van der Waals surface area contributed by atoms with Crippen LogP contribution >= 0.6 is 0 Å². The van der Waals surface area contributed by atoms with Crippen LogP contribution in [0.3, 0.4) is 0 Å².